The van der Waals surface area contributed by atoms with Gasteiger partial charge in [0.15, 0.2) is 0 Å². The van der Waals surface area contributed by atoms with Crippen LogP contribution < -0.4 is 5.32 Å². The molecule has 3 aromatic rings. The summed E-state index contributed by atoms with van der Waals surface area (Å²) in [5.74, 6) is 2.26. The fourth-order valence-corrected chi connectivity index (χ4v) is 6.00. The molecule has 0 spiro atoms. The monoisotopic (exact) mass is 418 g/mol. The Morgan fingerprint density at radius 3 is 2.70 bits per heavy atom. The number of fused-ring (bicyclic) bond motifs is 3. The Labute approximate surface area is 182 Å². The Morgan fingerprint density at radius 1 is 1.13 bits per heavy atom. The molecule has 2 aliphatic carbocycles. The van der Waals surface area contributed by atoms with E-state index in [9.17, 15) is 4.79 Å². The minimum Gasteiger partial charge on any atom is -0.349 e. The summed E-state index contributed by atoms with van der Waals surface area (Å²) in [6.45, 7) is 4.17. The van der Waals surface area contributed by atoms with E-state index in [0.717, 1.165) is 45.1 Å². The summed E-state index contributed by atoms with van der Waals surface area (Å²) in [6.07, 6.45) is 5.31. The minimum absolute atomic E-state index is 0.00431. The highest BCUT2D eigenvalue weighted by atomic mass is 35.5. The molecule has 3 nitrogen and oxygen atoms in total. The number of hydrogen-bond acceptors (Lipinski definition) is 2. The summed E-state index contributed by atoms with van der Waals surface area (Å²) in [5.41, 5.74) is 4.20. The first-order chi connectivity index (χ1) is 14.5. The highest BCUT2D eigenvalue weighted by molar-refractivity contribution is 6.30. The number of rotatable bonds is 4. The van der Waals surface area contributed by atoms with Crippen LogP contribution in [0.25, 0.3) is 22.2 Å². The molecule has 0 saturated heterocycles. The van der Waals surface area contributed by atoms with Gasteiger partial charge in [0.05, 0.1) is 16.8 Å². The van der Waals surface area contributed by atoms with Crippen LogP contribution >= 0.6 is 11.6 Å². The number of aromatic nitrogens is 1. The zero-order valence-electron chi connectivity index (χ0n) is 17.5. The quantitative estimate of drug-likeness (QED) is 0.531. The number of benzene rings is 2. The van der Waals surface area contributed by atoms with E-state index in [1.54, 1.807) is 0 Å². The zero-order chi connectivity index (χ0) is 20.8. The number of nitrogens with zero attached hydrogens (tertiary/aromatic N) is 1. The van der Waals surface area contributed by atoms with Crippen LogP contribution in [-0.4, -0.2) is 16.9 Å². The number of carbonyl (C=O) groups is 1. The minimum atomic E-state index is 0.00431. The largest absolute Gasteiger partial charge is 0.349 e. The molecule has 5 rings (SSSR count). The molecule has 30 heavy (non-hydrogen) atoms. The van der Waals surface area contributed by atoms with Crippen molar-refractivity contribution in [3.05, 3.63) is 64.7 Å². The molecule has 1 heterocycles. The molecule has 1 N–H and O–H groups in total. The topological polar surface area (TPSA) is 42.0 Å². The molecule has 2 fully saturated rings. The predicted octanol–water partition coefficient (Wildman–Crippen LogP) is 6.42. The van der Waals surface area contributed by atoms with E-state index in [-0.39, 0.29) is 11.9 Å². The molecular weight excluding hydrogens is 392 g/mol. The van der Waals surface area contributed by atoms with Gasteiger partial charge in [0.2, 0.25) is 0 Å². The predicted molar refractivity (Wildman–Crippen MR) is 123 cm³/mol. The number of pyridine rings is 1. The van der Waals surface area contributed by atoms with Crippen molar-refractivity contribution in [3.63, 3.8) is 0 Å². The van der Waals surface area contributed by atoms with Gasteiger partial charge < -0.3 is 5.32 Å². The van der Waals surface area contributed by atoms with Crippen LogP contribution in [-0.2, 0) is 0 Å². The molecular formula is C26H27ClN2O. The lowest BCUT2D eigenvalue weighted by Crippen LogP contribution is -2.40. The second-order valence-electron chi connectivity index (χ2n) is 9.09. The highest BCUT2D eigenvalue weighted by Crippen LogP contribution is 2.49. The molecule has 2 aliphatic rings. The van der Waals surface area contributed by atoms with Crippen molar-refractivity contribution >= 4 is 28.4 Å². The lowest BCUT2D eigenvalue weighted by molar-refractivity contribution is 0.0916. The fraction of sp³-hybridized carbons (Fsp3) is 0.385. The second kappa shape index (κ2) is 7.70. The average molecular weight is 419 g/mol. The molecule has 2 aromatic carbocycles. The summed E-state index contributed by atoms with van der Waals surface area (Å²) in [5, 5.41) is 4.92. The van der Waals surface area contributed by atoms with Crippen molar-refractivity contribution in [2.24, 2.45) is 17.8 Å². The van der Waals surface area contributed by atoms with Crippen molar-refractivity contribution in [2.75, 3.05) is 0 Å². The van der Waals surface area contributed by atoms with Crippen molar-refractivity contribution in [1.82, 2.24) is 10.3 Å². The van der Waals surface area contributed by atoms with Gasteiger partial charge in [-0.15, -0.1) is 0 Å². The lowest BCUT2D eigenvalue weighted by Gasteiger charge is -2.29. The maximum Gasteiger partial charge on any atom is 0.252 e. The van der Waals surface area contributed by atoms with Gasteiger partial charge in [0, 0.05) is 22.0 Å². The number of halogens is 1. The number of para-hydroxylation sites is 1. The fourth-order valence-electron chi connectivity index (χ4n) is 5.81. The molecule has 1 aromatic heterocycles. The van der Waals surface area contributed by atoms with Gasteiger partial charge in [-0.05, 0) is 74.6 Å². The van der Waals surface area contributed by atoms with Crippen LogP contribution in [0.1, 0.15) is 48.5 Å². The van der Waals surface area contributed by atoms with Crippen LogP contribution in [0.15, 0.2) is 48.5 Å². The number of nitrogens with one attached hydrogen (secondary N) is 1. The SMILES string of the molecule is Cc1c(-c2cccc(Cl)c2)nc2ccccc2c1C(=O)NC(C)C1CC2CCC1C2. The Morgan fingerprint density at radius 2 is 1.97 bits per heavy atom. The molecule has 2 bridgehead atoms. The number of carbonyl (C=O) groups excluding carboxylic acids is 1. The van der Waals surface area contributed by atoms with Crippen molar-refractivity contribution in [3.8, 4) is 11.3 Å². The Balaban J connectivity index is 1.54. The Bertz CT molecular complexity index is 1130. The third-order valence-electron chi connectivity index (χ3n) is 7.25. The maximum atomic E-state index is 13.5. The normalized spacial score (nSPS) is 23.6. The molecule has 154 valence electrons. The van der Waals surface area contributed by atoms with Gasteiger partial charge >= 0.3 is 0 Å². The summed E-state index contributed by atoms with van der Waals surface area (Å²) < 4.78 is 0. The Hall–Kier alpha value is -2.39. The maximum absolute atomic E-state index is 13.5. The first-order valence-corrected chi connectivity index (χ1v) is 11.3. The summed E-state index contributed by atoms with van der Waals surface area (Å²) in [6, 6.07) is 15.8. The van der Waals surface area contributed by atoms with Gasteiger partial charge in [0.1, 0.15) is 0 Å². The van der Waals surface area contributed by atoms with Crippen LogP contribution in [0, 0.1) is 24.7 Å². The molecule has 4 unspecified atom stereocenters. The summed E-state index contributed by atoms with van der Waals surface area (Å²) >= 11 is 6.23. The van der Waals surface area contributed by atoms with Gasteiger partial charge in [-0.1, -0.05) is 48.4 Å². The second-order valence-corrected chi connectivity index (χ2v) is 9.53. The smallest absolute Gasteiger partial charge is 0.252 e. The third-order valence-corrected chi connectivity index (χ3v) is 7.49. The van der Waals surface area contributed by atoms with Crippen molar-refractivity contribution < 1.29 is 4.79 Å². The molecule has 0 radical (unpaired) electrons. The molecule has 4 atom stereocenters. The van der Waals surface area contributed by atoms with Gasteiger partial charge in [-0.2, -0.15) is 0 Å². The Kier molecular flexibility index (Phi) is 5.02. The first kappa shape index (κ1) is 19.6. The lowest BCUT2D eigenvalue weighted by atomic mass is 9.84. The number of hydrogen-bond donors (Lipinski definition) is 1. The van der Waals surface area contributed by atoms with E-state index in [4.69, 9.17) is 16.6 Å². The zero-order valence-corrected chi connectivity index (χ0v) is 18.2. The summed E-state index contributed by atoms with van der Waals surface area (Å²) in [4.78, 5) is 18.4. The summed E-state index contributed by atoms with van der Waals surface area (Å²) in [7, 11) is 0. The van der Waals surface area contributed by atoms with E-state index >= 15 is 0 Å². The van der Waals surface area contributed by atoms with Crippen molar-refractivity contribution in [2.45, 2.75) is 45.6 Å². The molecule has 4 heteroatoms. The van der Waals surface area contributed by atoms with Crippen LogP contribution in [0.4, 0.5) is 0 Å². The standard InChI is InChI=1S/C26H27ClN2O/c1-15-24(26(30)28-16(2)22-13-17-10-11-18(22)12-17)21-8-3-4-9-23(21)29-25(15)19-6-5-7-20(27)14-19/h3-9,14,16-18,22H,10-13H2,1-2H3,(H,28,30). The number of amides is 1. The molecule has 0 aliphatic heterocycles. The molecule has 1 amide bonds. The van der Waals surface area contributed by atoms with Gasteiger partial charge in [0.25, 0.3) is 5.91 Å². The van der Waals surface area contributed by atoms with E-state index in [0.29, 0.717) is 10.9 Å². The van der Waals surface area contributed by atoms with E-state index in [1.807, 2.05) is 55.5 Å². The van der Waals surface area contributed by atoms with Gasteiger partial charge in [-0.3, -0.25) is 4.79 Å². The van der Waals surface area contributed by atoms with Crippen molar-refractivity contribution in [1.29, 1.82) is 0 Å². The first-order valence-electron chi connectivity index (χ1n) is 11.0. The third kappa shape index (κ3) is 3.39. The average Bonchev–Trinajstić information content (AvgIpc) is 3.37. The van der Waals surface area contributed by atoms with E-state index in [2.05, 4.69) is 12.2 Å². The van der Waals surface area contributed by atoms with Crippen LogP contribution in [0.5, 0.6) is 0 Å². The van der Waals surface area contributed by atoms with Crippen LogP contribution in [0.2, 0.25) is 5.02 Å². The van der Waals surface area contributed by atoms with E-state index < -0.39 is 0 Å². The van der Waals surface area contributed by atoms with Crippen LogP contribution in [0.3, 0.4) is 0 Å². The van der Waals surface area contributed by atoms with Gasteiger partial charge in [-0.25, -0.2) is 4.98 Å². The molecule has 2 saturated carbocycles. The van der Waals surface area contributed by atoms with E-state index in [1.165, 1.54) is 25.7 Å². The highest BCUT2D eigenvalue weighted by Gasteiger charge is 2.42.